The lowest BCUT2D eigenvalue weighted by Crippen LogP contribution is -2.29. The van der Waals surface area contributed by atoms with Crippen LogP contribution in [0.25, 0.3) is 5.69 Å². The number of halogens is 3. The number of carbonyl (C=O) groups excluding carboxylic acids is 1. The molecule has 3 rings (SSSR count). The highest BCUT2D eigenvalue weighted by molar-refractivity contribution is 5.77. The standard InChI is InChI=1S/C20H18F3N3O3/c1-28-16-8-6-15(7-9-16)26-11-10-14(25-26)12-24-19(27)13-29-18-5-3-2-4-17(18)20(21,22)23/h2-11H,12-13H2,1H3,(H,24,27). The lowest BCUT2D eigenvalue weighted by atomic mass is 10.2. The first-order chi connectivity index (χ1) is 13.9. The van der Waals surface area contributed by atoms with Gasteiger partial charge in [0.2, 0.25) is 0 Å². The Hall–Kier alpha value is -3.49. The molecule has 0 atom stereocenters. The minimum atomic E-state index is -4.55. The molecule has 2 aromatic carbocycles. The van der Waals surface area contributed by atoms with Crippen LogP contribution in [0, 0.1) is 0 Å². The van der Waals surface area contributed by atoms with Gasteiger partial charge in [0.1, 0.15) is 11.5 Å². The largest absolute Gasteiger partial charge is 0.497 e. The third-order valence-corrected chi connectivity index (χ3v) is 4.00. The van der Waals surface area contributed by atoms with Crippen molar-refractivity contribution in [2.75, 3.05) is 13.7 Å². The normalized spacial score (nSPS) is 11.2. The van der Waals surface area contributed by atoms with Crippen molar-refractivity contribution in [2.24, 2.45) is 0 Å². The number of para-hydroxylation sites is 1. The van der Waals surface area contributed by atoms with E-state index in [0.717, 1.165) is 17.5 Å². The summed E-state index contributed by atoms with van der Waals surface area (Å²) in [5.74, 6) is -0.222. The van der Waals surface area contributed by atoms with Crippen LogP contribution in [-0.2, 0) is 17.5 Å². The fraction of sp³-hybridized carbons (Fsp3) is 0.200. The molecule has 1 amide bonds. The van der Waals surface area contributed by atoms with Gasteiger partial charge in [0, 0.05) is 6.20 Å². The molecule has 0 aliphatic rings. The monoisotopic (exact) mass is 405 g/mol. The molecule has 1 aromatic heterocycles. The van der Waals surface area contributed by atoms with E-state index in [1.54, 1.807) is 36.2 Å². The van der Waals surface area contributed by atoms with Crippen LogP contribution in [0.1, 0.15) is 11.3 Å². The average Bonchev–Trinajstić information content (AvgIpc) is 3.19. The molecule has 0 spiro atoms. The van der Waals surface area contributed by atoms with Crippen molar-refractivity contribution in [3.8, 4) is 17.2 Å². The van der Waals surface area contributed by atoms with Crippen molar-refractivity contribution >= 4 is 5.91 Å². The van der Waals surface area contributed by atoms with E-state index in [2.05, 4.69) is 10.4 Å². The predicted octanol–water partition coefficient (Wildman–Crippen LogP) is 3.59. The number of rotatable bonds is 7. The SMILES string of the molecule is COc1ccc(-n2ccc(CNC(=O)COc3ccccc3C(F)(F)F)n2)cc1. The number of nitrogens with one attached hydrogen (secondary N) is 1. The highest BCUT2D eigenvalue weighted by atomic mass is 19.4. The van der Waals surface area contributed by atoms with Gasteiger partial charge in [-0.25, -0.2) is 4.68 Å². The highest BCUT2D eigenvalue weighted by Gasteiger charge is 2.34. The molecule has 0 aliphatic carbocycles. The number of carbonyl (C=O) groups is 1. The summed E-state index contributed by atoms with van der Waals surface area (Å²) in [5.41, 5.74) is 0.478. The summed E-state index contributed by atoms with van der Waals surface area (Å²) in [6.45, 7) is -0.418. The number of hydrogen-bond donors (Lipinski definition) is 1. The minimum absolute atomic E-state index is 0.117. The Balaban J connectivity index is 1.53. The Kier molecular flexibility index (Phi) is 6.06. The number of hydrogen-bond acceptors (Lipinski definition) is 4. The van der Waals surface area contributed by atoms with Crippen molar-refractivity contribution in [1.82, 2.24) is 15.1 Å². The molecule has 0 bridgehead atoms. The molecule has 6 nitrogen and oxygen atoms in total. The maximum absolute atomic E-state index is 12.9. The zero-order valence-corrected chi connectivity index (χ0v) is 15.4. The predicted molar refractivity (Wildman–Crippen MR) is 98.9 cm³/mol. The van der Waals surface area contributed by atoms with E-state index in [0.29, 0.717) is 5.69 Å². The van der Waals surface area contributed by atoms with Crippen LogP contribution in [0.5, 0.6) is 11.5 Å². The molecular weight excluding hydrogens is 387 g/mol. The van der Waals surface area contributed by atoms with E-state index in [-0.39, 0.29) is 12.3 Å². The third-order valence-electron chi connectivity index (χ3n) is 4.00. The van der Waals surface area contributed by atoms with Gasteiger partial charge in [-0.05, 0) is 42.5 Å². The summed E-state index contributed by atoms with van der Waals surface area (Å²) < 4.78 is 50.6. The summed E-state index contributed by atoms with van der Waals surface area (Å²) in [7, 11) is 1.58. The fourth-order valence-electron chi connectivity index (χ4n) is 2.54. The molecule has 0 unspecified atom stereocenters. The average molecular weight is 405 g/mol. The molecule has 0 saturated carbocycles. The smallest absolute Gasteiger partial charge is 0.419 e. The van der Waals surface area contributed by atoms with Gasteiger partial charge < -0.3 is 14.8 Å². The van der Waals surface area contributed by atoms with Crippen molar-refractivity contribution in [3.63, 3.8) is 0 Å². The van der Waals surface area contributed by atoms with Gasteiger partial charge in [-0.3, -0.25) is 4.79 Å². The van der Waals surface area contributed by atoms with E-state index >= 15 is 0 Å². The molecule has 0 aliphatic heterocycles. The number of aromatic nitrogens is 2. The van der Waals surface area contributed by atoms with E-state index < -0.39 is 24.3 Å². The van der Waals surface area contributed by atoms with Crippen LogP contribution in [-0.4, -0.2) is 29.4 Å². The molecule has 9 heteroatoms. The molecule has 1 heterocycles. The Morgan fingerprint density at radius 3 is 2.52 bits per heavy atom. The topological polar surface area (TPSA) is 65.4 Å². The fourth-order valence-corrected chi connectivity index (χ4v) is 2.54. The second kappa shape index (κ2) is 8.68. The quantitative estimate of drug-likeness (QED) is 0.653. The first-order valence-electron chi connectivity index (χ1n) is 8.61. The second-order valence-corrected chi connectivity index (χ2v) is 6.01. The first-order valence-corrected chi connectivity index (χ1v) is 8.61. The van der Waals surface area contributed by atoms with Crippen LogP contribution in [0.2, 0.25) is 0 Å². The van der Waals surface area contributed by atoms with Crippen LogP contribution < -0.4 is 14.8 Å². The molecule has 1 N–H and O–H groups in total. The molecule has 0 radical (unpaired) electrons. The molecular formula is C20H18F3N3O3. The van der Waals surface area contributed by atoms with Crippen molar-refractivity contribution in [1.29, 1.82) is 0 Å². The maximum Gasteiger partial charge on any atom is 0.419 e. The number of nitrogens with zero attached hydrogens (tertiary/aromatic N) is 2. The minimum Gasteiger partial charge on any atom is -0.497 e. The summed E-state index contributed by atoms with van der Waals surface area (Å²) in [5, 5.41) is 6.91. The van der Waals surface area contributed by atoms with Crippen LogP contribution >= 0.6 is 0 Å². The Morgan fingerprint density at radius 1 is 1.10 bits per heavy atom. The molecule has 29 heavy (non-hydrogen) atoms. The van der Waals surface area contributed by atoms with Crippen LogP contribution in [0.15, 0.2) is 60.8 Å². The van der Waals surface area contributed by atoms with Crippen molar-refractivity contribution < 1.29 is 27.4 Å². The van der Waals surface area contributed by atoms with E-state index in [1.807, 2.05) is 12.1 Å². The van der Waals surface area contributed by atoms with Gasteiger partial charge in [-0.15, -0.1) is 0 Å². The number of methoxy groups -OCH3 is 1. The van der Waals surface area contributed by atoms with Gasteiger partial charge in [0.25, 0.3) is 5.91 Å². The van der Waals surface area contributed by atoms with Crippen molar-refractivity contribution in [2.45, 2.75) is 12.7 Å². The summed E-state index contributed by atoms with van der Waals surface area (Å²) in [6.07, 6.45) is -2.82. The Bertz CT molecular complexity index is 969. The van der Waals surface area contributed by atoms with E-state index in [1.165, 1.54) is 18.2 Å². The Labute approximate surface area is 164 Å². The van der Waals surface area contributed by atoms with E-state index in [9.17, 15) is 18.0 Å². The van der Waals surface area contributed by atoms with Gasteiger partial charge >= 0.3 is 6.18 Å². The molecule has 0 fully saturated rings. The van der Waals surface area contributed by atoms with E-state index in [4.69, 9.17) is 9.47 Å². The lowest BCUT2D eigenvalue weighted by molar-refractivity contribution is -0.139. The zero-order valence-electron chi connectivity index (χ0n) is 15.4. The van der Waals surface area contributed by atoms with Gasteiger partial charge in [-0.1, -0.05) is 12.1 Å². The number of amides is 1. The van der Waals surface area contributed by atoms with Gasteiger partial charge in [0.15, 0.2) is 6.61 Å². The van der Waals surface area contributed by atoms with Crippen LogP contribution in [0.4, 0.5) is 13.2 Å². The lowest BCUT2D eigenvalue weighted by Gasteiger charge is -2.13. The number of alkyl halides is 3. The summed E-state index contributed by atoms with van der Waals surface area (Å²) >= 11 is 0. The summed E-state index contributed by atoms with van der Waals surface area (Å²) in [4.78, 5) is 11.9. The molecule has 3 aromatic rings. The van der Waals surface area contributed by atoms with Crippen molar-refractivity contribution in [3.05, 3.63) is 72.1 Å². The zero-order chi connectivity index (χ0) is 20.9. The van der Waals surface area contributed by atoms with Crippen LogP contribution in [0.3, 0.4) is 0 Å². The summed E-state index contributed by atoms with van der Waals surface area (Å²) in [6, 6.07) is 13.7. The Morgan fingerprint density at radius 2 is 1.83 bits per heavy atom. The first kappa shape index (κ1) is 20.2. The highest BCUT2D eigenvalue weighted by Crippen LogP contribution is 2.35. The second-order valence-electron chi connectivity index (χ2n) is 6.01. The van der Waals surface area contributed by atoms with Gasteiger partial charge in [0.05, 0.1) is 30.6 Å². The number of ether oxygens (including phenoxy) is 2. The third kappa shape index (κ3) is 5.28. The van der Waals surface area contributed by atoms with Gasteiger partial charge in [-0.2, -0.15) is 18.3 Å². The number of benzene rings is 2. The molecule has 152 valence electrons. The molecule has 0 saturated heterocycles. The maximum atomic E-state index is 12.9.